The van der Waals surface area contributed by atoms with Crippen LogP contribution in [0.3, 0.4) is 0 Å². The van der Waals surface area contributed by atoms with E-state index in [4.69, 9.17) is 0 Å². The van der Waals surface area contributed by atoms with Crippen molar-refractivity contribution in [2.24, 2.45) is 0 Å². The third kappa shape index (κ3) is 3.44. The number of carbonyl (C=O) groups excluding carboxylic acids is 1. The quantitative estimate of drug-likeness (QED) is 0.898. The second-order valence-corrected chi connectivity index (χ2v) is 5.06. The SMILES string of the molecule is CC(C)c1ccc(CNC(=O)c2ccccc2F)cc1. The maximum absolute atomic E-state index is 13.4. The molecule has 0 spiro atoms. The van der Waals surface area contributed by atoms with Crippen LogP contribution in [-0.4, -0.2) is 5.91 Å². The summed E-state index contributed by atoms with van der Waals surface area (Å²) in [7, 11) is 0. The second kappa shape index (κ2) is 6.33. The first-order chi connectivity index (χ1) is 9.58. The smallest absolute Gasteiger partial charge is 0.254 e. The van der Waals surface area contributed by atoms with Crippen LogP contribution in [0, 0.1) is 5.82 Å². The van der Waals surface area contributed by atoms with Crippen molar-refractivity contribution in [2.75, 3.05) is 0 Å². The minimum Gasteiger partial charge on any atom is -0.348 e. The Labute approximate surface area is 118 Å². The topological polar surface area (TPSA) is 29.1 Å². The van der Waals surface area contributed by atoms with Gasteiger partial charge in [0.15, 0.2) is 0 Å². The lowest BCUT2D eigenvalue weighted by molar-refractivity contribution is 0.0947. The van der Waals surface area contributed by atoms with Crippen molar-refractivity contribution in [2.45, 2.75) is 26.3 Å². The second-order valence-electron chi connectivity index (χ2n) is 5.06. The van der Waals surface area contributed by atoms with Crippen LogP contribution < -0.4 is 5.32 Å². The van der Waals surface area contributed by atoms with E-state index in [1.54, 1.807) is 12.1 Å². The Bertz CT molecular complexity index is 590. The number of halogens is 1. The lowest BCUT2D eigenvalue weighted by Crippen LogP contribution is -2.23. The van der Waals surface area contributed by atoms with Crippen LogP contribution in [0.2, 0.25) is 0 Å². The average molecular weight is 271 g/mol. The average Bonchev–Trinajstić information content (AvgIpc) is 2.45. The van der Waals surface area contributed by atoms with Crippen molar-refractivity contribution in [1.82, 2.24) is 5.32 Å². The van der Waals surface area contributed by atoms with Crippen LogP contribution in [0.25, 0.3) is 0 Å². The van der Waals surface area contributed by atoms with Gasteiger partial charge in [0.25, 0.3) is 5.91 Å². The molecule has 0 heterocycles. The maximum atomic E-state index is 13.4. The predicted octanol–water partition coefficient (Wildman–Crippen LogP) is 3.88. The first-order valence-corrected chi connectivity index (χ1v) is 6.69. The molecule has 2 rings (SSSR count). The fourth-order valence-electron chi connectivity index (χ4n) is 1.94. The van der Waals surface area contributed by atoms with Gasteiger partial charge >= 0.3 is 0 Å². The summed E-state index contributed by atoms with van der Waals surface area (Å²) >= 11 is 0. The highest BCUT2D eigenvalue weighted by molar-refractivity contribution is 5.94. The summed E-state index contributed by atoms with van der Waals surface area (Å²) < 4.78 is 13.4. The predicted molar refractivity (Wildman–Crippen MR) is 78.1 cm³/mol. The molecule has 0 saturated carbocycles. The maximum Gasteiger partial charge on any atom is 0.254 e. The largest absolute Gasteiger partial charge is 0.348 e. The number of hydrogen-bond acceptors (Lipinski definition) is 1. The van der Waals surface area contributed by atoms with Crippen LogP contribution in [0.15, 0.2) is 48.5 Å². The molecule has 104 valence electrons. The highest BCUT2D eigenvalue weighted by atomic mass is 19.1. The molecule has 0 aliphatic rings. The van der Waals surface area contributed by atoms with Gasteiger partial charge in [-0.3, -0.25) is 4.79 Å². The number of carbonyl (C=O) groups is 1. The van der Waals surface area contributed by atoms with Crippen LogP contribution in [0.4, 0.5) is 4.39 Å². The summed E-state index contributed by atoms with van der Waals surface area (Å²) in [5.41, 5.74) is 2.33. The summed E-state index contributed by atoms with van der Waals surface area (Å²) in [5, 5.41) is 2.73. The highest BCUT2D eigenvalue weighted by Gasteiger charge is 2.10. The van der Waals surface area contributed by atoms with Crippen molar-refractivity contribution in [3.63, 3.8) is 0 Å². The molecule has 0 aliphatic carbocycles. The Morgan fingerprint density at radius 1 is 1.10 bits per heavy atom. The standard InChI is InChI=1S/C17H18FNO/c1-12(2)14-9-7-13(8-10-14)11-19-17(20)15-5-3-4-6-16(15)18/h3-10,12H,11H2,1-2H3,(H,19,20). The zero-order valence-corrected chi connectivity index (χ0v) is 11.7. The van der Waals surface area contributed by atoms with E-state index < -0.39 is 11.7 Å². The minimum absolute atomic E-state index is 0.0753. The van der Waals surface area contributed by atoms with Gasteiger partial charge in [-0.2, -0.15) is 0 Å². The molecular weight excluding hydrogens is 253 g/mol. The zero-order valence-electron chi connectivity index (χ0n) is 11.7. The summed E-state index contributed by atoms with van der Waals surface area (Å²) in [5.74, 6) is -0.409. The van der Waals surface area contributed by atoms with Gasteiger partial charge in [-0.05, 0) is 29.2 Å². The normalized spacial score (nSPS) is 10.6. The lowest BCUT2D eigenvalue weighted by atomic mass is 10.0. The Hall–Kier alpha value is -2.16. The van der Waals surface area contributed by atoms with Gasteiger partial charge in [0.05, 0.1) is 5.56 Å². The van der Waals surface area contributed by atoms with Crippen LogP contribution >= 0.6 is 0 Å². The van der Waals surface area contributed by atoms with Gasteiger partial charge in [-0.1, -0.05) is 50.2 Å². The van der Waals surface area contributed by atoms with E-state index in [1.807, 2.05) is 12.1 Å². The molecule has 3 heteroatoms. The number of benzene rings is 2. The molecule has 2 aromatic carbocycles. The summed E-state index contributed by atoms with van der Waals surface area (Å²) in [4.78, 5) is 11.9. The van der Waals surface area contributed by atoms with Crippen molar-refractivity contribution in [3.8, 4) is 0 Å². The van der Waals surface area contributed by atoms with Crippen molar-refractivity contribution in [3.05, 3.63) is 71.0 Å². The molecule has 0 unspecified atom stereocenters. The van der Waals surface area contributed by atoms with Gasteiger partial charge in [-0.15, -0.1) is 0 Å². The third-order valence-electron chi connectivity index (χ3n) is 3.22. The molecule has 2 aromatic rings. The van der Waals surface area contributed by atoms with Gasteiger partial charge in [0, 0.05) is 6.54 Å². The zero-order chi connectivity index (χ0) is 14.5. The molecule has 0 bridgehead atoms. The van der Waals surface area contributed by atoms with E-state index in [-0.39, 0.29) is 5.56 Å². The summed E-state index contributed by atoms with van der Waals surface area (Å²) in [6.07, 6.45) is 0. The Balaban J connectivity index is 1.98. The van der Waals surface area contributed by atoms with E-state index in [1.165, 1.54) is 17.7 Å². The molecule has 0 radical (unpaired) electrons. The van der Waals surface area contributed by atoms with E-state index in [0.29, 0.717) is 12.5 Å². The molecule has 0 fully saturated rings. The van der Waals surface area contributed by atoms with Crippen LogP contribution in [0.5, 0.6) is 0 Å². The van der Waals surface area contributed by atoms with E-state index in [2.05, 4.69) is 31.3 Å². The molecular formula is C17H18FNO. The van der Waals surface area contributed by atoms with Gasteiger partial charge in [0.1, 0.15) is 5.82 Å². The first kappa shape index (κ1) is 14.3. The van der Waals surface area contributed by atoms with Gasteiger partial charge in [-0.25, -0.2) is 4.39 Å². The number of nitrogens with one attached hydrogen (secondary N) is 1. The highest BCUT2D eigenvalue weighted by Crippen LogP contribution is 2.14. The third-order valence-corrected chi connectivity index (χ3v) is 3.22. The minimum atomic E-state index is -0.500. The van der Waals surface area contributed by atoms with Crippen molar-refractivity contribution < 1.29 is 9.18 Å². The molecule has 0 atom stereocenters. The fourth-order valence-corrected chi connectivity index (χ4v) is 1.94. The van der Waals surface area contributed by atoms with Crippen molar-refractivity contribution >= 4 is 5.91 Å². The van der Waals surface area contributed by atoms with E-state index in [9.17, 15) is 9.18 Å². The summed E-state index contributed by atoms with van der Waals surface area (Å²) in [6, 6.07) is 14.0. The summed E-state index contributed by atoms with van der Waals surface area (Å²) in [6.45, 7) is 4.66. The van der Waals surface area contributed by atoms with Crippen LogP contribution in [-0.2, 0) is 6.54 Å². The Morgan fingerprint density at radius 3 is 2.35 bits per heavy atom. The van der Waals surface area contributed by atoms with E-state index in [0.717, 1.165) is 5.56 Å². The Kier molecular flexibility index (Phi) is 4.51. The molecule has 0 saturated heterocycles. The molecule has 1 amide bonds. The van der Waals surface area contributed by atoms with Gasteiger partial charge < -0.3 is 5.32 Å². The van der Waals surface area contributed by atoms with Gasteiger partial charge in [0.2, 0.25) is 0 Å². The number of amides is 1. The first-order valence-electron chi connectivity index (χ1n) is 6.69. The van der Waals surface area contributed by atoms with Crippen molar-refractivity contribution in [1.29, 1.82) is 0 Å². The lowest BCUT2D eigenvalue weighted by Gasteiger charge is -2.08. The Morgan fingerprint density at radius 2 is 1.75 bits per heavy atom. The molecule has 0 aliphatic heterocycles. The fraction of sp³-hybridized carbons (Fsp3) is 0.235. The molecule has 0 aromatic heterocycles. The molecule has 20 heavy (non-hydrogen) atoms. The monoisotopic (exact) mass is 271 g/mol. The number of hydrogen-bond donors (Lipinski definition) is 1. The molecule has 1 N–H and O–H groups in total. The van der Waals surface area contributed by atoms with Crippen LogP contribution in [0.1, 0.15) is 41.3 Å². The molecule has 2 nitrogen and oxygen atoms in total. The number of rotatable bonds is 4. The van der Waals surface area contributed by atoms with E-state index >= 15 is 0 Å².